The fourth-order valence-electron chi connectivity index (χ4n) is 4.81. The number of aromatic nitrogens is 2. The van der Waals surface area contributed by atoms with E-state index in [1.54, 1.807) is 24.3 Å². The molecular weight excluding hydrogens is 318 g/mol. The molecule has 6 nitrogen and oxygen atoms in total. The molecule has 0 saturated heterocycles. The average molecular weight is 341 g/mol. The number of carbonyl (C=O) groups is 1. The molecule has 2 N–H and O–H groups in total. The molecule has 4 rings (SSSR count). The lowest BCUT2D eigenvalue weighted by Gasteiger charge is -2.28. The van der Waals surface area contributed by atoms with Gasteiger partial charge in [-0.2, -0.15) is 0 Å². The van der Waals surface area contributed by atoms with Crippen LogP contribution >= 0.6 is 0 Å². The van der Waals surface area contributed by atoms with Crippen LogP contribution in [0.5, 0.6) is 0 Å². The minimum Gasteiger partial charge on any atom is -0.352 e. The summed E-state index contributed by atoms with van der Waals surface area (Å²) in [5.41, 5.74) is -0.706. The van der Waals surface area contributed by atoms with E-state index in [2.05, 4.69) is 17.3 Å². The summed E-state index contributed by atoms with van der Waals surface area (Å²) in [5.74, 6) is 1.86. The first-order valence-electron chi connectivity index (χ1n) is 9.04. The van der Waals surface area contributed by atoms with Crippen LogP contribution in [-0.2, 0) is 11.3 Å². The van der Waals surface area contributed by atoms with Gasteiger partial charge in [0.05, 0.1) is 10.8 Å². The fourth-order valence-corrected chi connectivity index (χ4v) is 4.81. The molecule has 4 atom stereocenters. The summed E-state index contributed by atoms with van der Waals surface area (Å²) in [7, 11) is 0. The third kappa shape index (κ3) is 2.90. The third-order valence-electron chi connectivity index (χ3n) is 6.01. The van der Waals surface area contributed by atoms with Crippen molar-refractivity contribution in [3.05, 3.63) is 45.0 Å². The molecule has 0 unspecified atom stereocenters. The minimum absolute atomic E-state index is 0.102. The van der Waals surface area contributed by atoms with E-state index in [0.29, 0.717) is 16.7 Å². The maximum absolute atomic E-state index is 12.5. The molecule has 1 heterocycles. The van der Waals surface area contributed by atoms with Crippen molar-refractivity contribution < 1.29 is 4.79 Å². The van der Waals surface area contributed by atoms with Crippen LogP contribution in [0.2, 0.25) is 0 Å². The number of benzene rings is 1. The van der Waals surface area contributed by atoms with Gasteiger partial charge < -0.3 is 5.32 Å². The number of hydrogen-bond donors (Lipinski definition) is 2. The van der Waals surface area contributed by atoms with Crippen LogP contribution < -0.4 is 16.4 Å². The number of nitrogens with zero attached hydrogens (tertiary/aromatic N) is 1. The second kappa shape index (κ2) is 6.17. The number of aromatic amines is 1. The average Bonchev–Trinajstić information content (AvgIpc) is 3.22. The van der Waals surface area contributed by atoms with Crippen molar-refractivity contribution in [3.8, 4) is 0 Å². The van der Waals surface area contributed by atoms with Crippen molar-refractivity contribution in [2.45, 2.75) is 45.2 Å². The van der Waals surface area contributed by atoms with E-state index >= 15 is 0 Å². The lowest BCUT2D eigenvalue weighted by Crippen LogP contribution is -2.43. The second-order valence-electron chi connectivity index (χ2n) is 7.57. The minimum atomic E-state index is -0.357. The zero-order valence-corrected chi connectivity index (χ0v) is 14.3. The van der Waals surface area contributed by atoms with Crippen molar-refractivity contribution in [1.29, 1.82) is 0 Å². The van der Waals surface area contributed by atoms with E-state index in [9.17, 15) is 14.4 Å². The summed E-state index contributed by atoms with van der Waals surface area (Å²) in [5, 5.41) is 6.22. The molecule has 2 saturated carbocycles. The smallest absolute Gasteiger partial charge is 0.273 e. The van der Waals surface area contributed by atoms with Gasteiger partial charge in [-0.15, -0.1) is 0 Å². The number of rotatable bonds is 4. The zero-order valence-electron chi connectivity index (χ0n) is 14.3. The van der Waals surface area contributed by atoms with Gasteiger partial charge in [-0.05, 0) is 56.1 Å². The van der Waals surface area contributed by atoms with Crippen molar-refractivity contribution >= 4 is 16.7 Å². The van der Waals surface area contributed by atoms with Crippen LogP contribution in [0.3, 0.4) is 0 Å². The SMILES string of the molecule is C[C@H](NC(=O)Cn1[nH]c(=O)c2ccccc2c1=O)[C@H]1C[C@H]2CC[C@H]1C2. The molecule has 2 aromatic rings. The first kappa shape index (κ1) is 16.1. The highest BCUT2D eigenvalue weighted by Crippen LogP contribution is 2.49. The van der Waals surface area contributed by atoms with Gasteiger partial charge in [0.1, 0.15) is 6.54 Å². The maximum Gasteiger partial charge on any atom is 0.273 e. The Bertz CT molecular complexity index is 929. The molecule has 2 fully saturated rings. The van der Waals surface area contributed by atoms with Crippen LogP contribution in [0.1, 0.15) is 32.6 Å². The molecule has 1 aromatic heterocycles. The third-order valence-corrected chi connectivity index (χ3v) is 6.01. The van der Waals surface area contributed by atoms with E-state index < -0.39 is 0 Å². The molecule has 0 aliphatic heterocycles. The van der Waals surface area contributed by atoms with Crippen molar-refractivity contribution in [3.63, 3.8) is 0 Å². The molecule has 1 amide bonds. The van der Waals surface area contributed by atoms with Crippen molar-refractivity contribution in [2.75, 3.05) is 0 Å². The summed E-state index contributed by atoms with van der Waals surface area (Å²) in [6.45, 7) is 1.89. The Morgan fingerprint density at radius 3 is 2.68 bits per heavy atom. The van der Waals surface area contributed by atoms with Crippen LogP contribution in [0.25, 0.3) is 10.8 Å². The largest absolute Gasteiger partial charge is 0.352 e. The number of H-pyrrole nitrogens is 1. The highest BCUT2D eigenvalue weighted by Gasteiger charge is 2.42. The number of amides is 1. The fraction of sp³-hybridized carbons (Fsp3) is 0.526. The molecule has 132 valence electrons. The second-order valence-corrected chi connectivity index (χ2v) is 7.57. The Morgan fingerprint density at radius 1 is 1.24 bits per heavy atom. The Morgan fingerprint density at radius 2 is 2.00 bits per heavy atom. The first-order valence-corrected chi connectivity index (χ1v) is 9.04. The van der Waals surface area contributed by atoms with Crippen LogP contribution in [0.4, 0.5) is 0 Å². The monoisotopic (exact) mass is 341 g/mol. The molecular formula is C19H23N3O3. The van der Waals surface area contributed by atoms with E-state index in [1.165, 1.54) is 25.7 Å². The highest BCUT2D eigenvalue weighted by molar-refractivity contribution is 5.81. The van der Waals surface area contributed by atoms with E-state index in [1.807, 2.05) is 0 Å². The van der Waals surface area contributed by atoms with Gasteiger partial charge in [-0.1, -0.05) is 18.6 Å². The quantitative estimate of drug-likeness (QED) is 0.886. The number of carbonyl (C=O) groups excluding carboxylic acids is 1. The number of hydrogen-bond acceptors (Lipinski definition) is 3. The molecule has 1 aromatic carbocycles. The molecule has 6 heteroatoms. The van der Waals surface area contributed by atoms with Gasteiger partial charge in [0.2, 0.25) is 5.91 Å². The Balaban J connectivity index is 1.49. The summed E-state index contributed by atoms with van der Waals surface area (Å²) in [6, 6.07) is 6.75. The van der Waals surface area contributed by atoms with Crippen molar-refractivity contribution in [1.82, 2.24) is 15.1 Å². The normalized spacial score (nSPS) is 26.0. The predicted molar refractivity (Wildman–Crippen MR) is 95.4 cm³/mol. The molecule has 0 radical (unpaired) electrons. The standard InChI is InChI=1S/C19H23N3O3/c1-11(16-9-12-6-7-13(16)8-12)20-17(23)10-22-19(25)15-5-3-2-4-14(15)18(24)21-22/h2-5,11-13,16H,6-10H2,1H3,(H,20,23)(H,21,24)/t11-,12-,13-,16+/m0/s1. The topological polar surface area (TPSA) is 84.0 Å². The van der Waals surface area contributed by atoms with Crippen molar-refractivity contribution in [2.24, 2.45) is 17.8 Å². The van der Waals surface area contributed by atoms with Gasteiger partial charge in [-0.3, -0.25) is 19.5 Å². The predicted octanol–water partition coefficient (Wildman–Crippen LogP) is 1.63. The maximum atomic E-state index is 12.5. The van der Waals surface area contributed by atoms with Gasteiger partial charge in [0.25, 0.3) is 11.1 Å². The van der Waals surface area contributed by atoms with Gasteiger partial charge in [-0.25, -0.2) is 4.68 Å². The molecule has 2 aliphatic rings. The summed E-state index contributed by atoms with van der Waals surface area (Å²) < 4.78 is 1.10. The molecule has 2 aliphatic carbocycles. The van der Waals surface area contributed by atoms with Gasteiger partial charge in [0.15, 0.2) is 0 Å². The molecule has 2 bridgehead atoms. The van der Waals surface area contributed by atoms with Gasteiger partial charge in [0, 0.05) is 6.04 Å². The van der Waals surface area contributed by atoms with E-state index in [-0.39, 0.29) is 29.6 Å². The lowest BCUT2D eigenvalue weighted by molar-refractivity contribution is -0.123. The number of fused-ring (bicyclic) bond motifs is 3. The van der Waals surface area contributed by atoms with Crippen LogP contribution in [-0.4, -0.2) is 21.7 Å². The van der Waals surface area contributed by atoms with Crippen LogP contribution in [0.15, 0.2) is 33.9 Å². The Hall–Kier alpha value is -2.37. The molecule has 25 heavy (non-hydrogen) atoms. The number of nitrogens with one attached hydrogen (secondary N) is 2. The van der Waals surface area contributed by atoms with Crippen LogP contribution in [0, 0.1) is 17.8 Å². The highest BCUT2D eigenvalue weighted by atomic mass is 16.2. The Kier molecular flexibility index (Phi) is 3.98. The molecule has 0 spiro atoms. The summed E-state index contributed by atoms with van der Waals surface area (Å²) in [6.07, 6.45) is 5.09. The van der Waals surface area contributed by atoms with Gasteiger partial charge >= 0.3 is 0 Å². The van der Waals surface area contributed by atoms with E-state index in [4.69, 9.17) is 0 Å². The Labute approximate surface area is 145 Å². The summed E-state index contributed by atoms with van der Waals surface area (Å²) in [4.78, 5) is 37.0. The summed E-state index contributed by atoms with van der Waals surface area (Å²) >= 11 is 0. The van der Waals surface area contributed by atoms with E-state index in [0.717, 1.165) is 16.5 Å². The first-order chi connectivity index (χ1) is 12.0. The zero-order chi connectivity index (χ0) is 17.6. The lowest BCUT2D eigenvalue weighted by atomic mass is 9.84.